The third-order valence-electron chi connectivity index (χ3n) is 4.88. The van der Waals surface area contributed by atoms with Gasteiger partial charge in [-0.3, -0.25) is 4.79 Å². The Kier molecular flexibility index (Phi) is 6.42. The maximum atomic E-state index is 12.8. The Morgan fingerprint density at radius 2 is 2.14 bits per heavy atom. The smallest absolute Gasteiger partial charge is 0.233 e. The Hall–Kier alpha value is -2.03. The molecule has 0 saturated carbocycles. The van der Waals surface area contributed by atoms with Gasteiger partial charge in [-0.15, -0.1) is 21.5 Å². The van der Waals surface area contributed by atoms with Gasteiger partial charge in [-0.25, -0.2) is 0 Å². The van der Waals surface area contributed by atoms with E-state index in [0.717, 1.165) is 25.1 Å². The molecule has 152 valence electrons. The summed E-state index contributed by atoms with van der Waals surface area (Å²) in [5.41, 5.74) is 0. The monoisotopic (exact) mass is 448 g/mol. The van der Waals surface area contributed by atoms with Crippen LogP contribution in [0.3, 0.4) is 0 Å². The van der Waals surface area contributed by atoms with Crippen LogP contribution < -0.4 is 4.74 Å². The summed E-state index contributed by atoms with van der Waals surface area (Å²) in [6.45, 7) is 1.12. The van der Waals surface area contributed by atoms with Crippen molar-refractivity contribution >= 4 is 40.6 Å². The maximum absolute atomic E-state index is 12.8. The van der Waals surface area contributed by atoms with E-state index in [-0.39, 0.29) is 11.9 Å². The first-order valence-corrected chi connectivity index (χ1v) is 11.6. The average Bonchev–Trinajstić information content (AvgIpc) is 3.47. The lowest BCUT2D eigenvalue weighted by molar-refractivity contribution is -0.129. The van der Waals surface area contributed by atoms with Gasteiger partial charge in [-0.1, -0.05) is 29.4 Å². The van der Waals surface area contributed by atoms with Crippen LogP contribution in [0.5, 0.6) is 5.75 Å². The molecule has 1 aromatic carbocycles. The number of benzene rings is 1. The number of rotatable bonds is 7. The summed E-state index contributed by atoms with van der Waals surface area (Å²) in [5, 5.41) is 11.9. The molecule has 4 rings (SSSR count). The van der Waals surface area contributed by atoms with Gasteiger partial charge < -0.3 is 14.2 Å². The first-order valence-electron chi connectivity index (χ1n) is 9.34. The topological polar surface area (TPSA) is 60.2 Å². The Morgan fingerprint density at radius 3 is 2.90 bits per heavy atom. The van der Waals surface area contributed by atoms with Crippen molar-refractivity contribution in [1.82, 2.24) is 19.7 Å². The molecule has 29 heavy (non-hydrogen) atoms. The first-order chi connectivity index (χ1) is 14.1. The van der Waals surface area contributed by atoms with Crippen LogP contribution in [-0.4, -0.2) is 37.9 Å². The quantitative estimate of drug-likeness (QED) is 0.495. The zero-order valence-corrected chi connectivity index (χ0v) is 18.3. The number of hydrogen-bond donors (Lipinski definition) is 0. The number of thioether (sulfide) groups is 1. The van der Waals surface area contributed by atoms with E-state index in [0.29, 0.717) is 28.4 Å². The molecule has 0 radical (unpaired) electrons. The van der Waals surface area contributed by atoms with Crippen molar-refractivity contribution in [3.05, 3.63) is 57.5 Å². The van der Waals surface area contributed by atoms with Gasteiger partial charge in [0, 0.05) is 23.5 Å². The Morgan fingerprint density at radius 1 is 1.31 bits per heavy atom. The Bertz CT molecular complexity index is 960. The number of ether oxygens (including phenoxy) is 1. The van der Waals surface area contributed by atoms with E-state index in [9.17, 15) is 4.79 Å². The summed E-state index contributed by atoms with van der Waals surface area (Å²) in [6, 6.07) is 11.6. The predicted molar refractivity (Wildman–Crippen MR) is 116 cm³/mol. The SMILES string of the molecule is Cn1c(COc2ccc(Cl)cc2)nnc1SCC(=O)N1CCC[C@H]1c1cccs1. The van der Waals surface area contributed by atoms with Crippen molar-refractivity contribution in [3.63, 3.8) is 0 Å². The second kappa shape index (κ2) is 9.19. The standard InChI is InChI=1S/C20H21ClN4O2S2/c1-24-18(12-27-15-8-6-14(21)7-9-15)22-23-20(24)29-13-19(26)25-10-2-4-16(25)17-5-3-11-28-17/h3,5-9,11,16H,2,4,10,12-13H2,1H3/t16-/m0/s1. The number of carbonyl (C=O) groups excluding carboxylic acids is 1. The summed E-state index contributed by atoms with van der Waals surface area (Å²) >= 11 is 9.02. The van der Waals surface area contributed by atoms with Crippen LogP contribution in [0.25, 0.3) is 0 Å². The van der Waals surface area contributed by atoms with Gasteiger partial charge in [-0.2, -0.15) is 0 Å². The van der Waals surface area contributed by atoms with Gasteiger partial charge in [-0.05, 0) is 48.6 Å². The normalized spacial score (nSPS) is 16.3. The summed E-state index contributed by atoms with van der Waals surface area (Å²) in [6.07, 6.45) is 2.09. The second-order valence-electron chi connectivity index (χ2n) is 6.75. The molecule has 0 spiro atoms. The predicted octanol–water partition coefficient (Wildman–Crippen LogP) is 4.56. The zero-order valence-electron chi connectivity index (χ0n) is 16.0. The number of thiophene rings is 1. The lowest BCUT2D eigenvalue weighted by Crippen LogP contribution is -2.31. The fourth-order valence-electron chi connectivity index (χ4n) is 3.33. The Labute approximate surface area is 182 Å². The van der Waals surface area contributed by atoms with E-state index in [1.165, 1.54) is 16.6 Å². The molecular formula is C20H21ClN4O2S2. The lowest BCUT2D eigenvalue weighted by atomic mass is 10.2. The van der Waals surface area contributed by atoms with Crippen LogP contribution in [0, 0.1) is 0 Å². The highest BCUT2D eigenvalue weighted by atomic mass is 35.5. The van der Waals surface area contributed by atoms with Crippen molar-refractivity contribution < 1.29 is 9.53 Å². The zero-order chi connectivity index (χ0) is 20.2. The molecule has 9 heteroatoms. The fourth-order valence-corrected chi connectivity index (χ4v) is 5.14. The molecule has 1 atom stereocenters. The van der Waals surface area contributed by atoms with Crippen molar-refractivity contribution in [2.45, 2.75) is 30.6 Å². The van der Waals surface area contributed by atoms with E-state index in [1.807, 2.05) is 34.7 Å². The molecule has 1 fully saturated rings. The summed E-state index contributed by atoms with van der Waals surface area (Å²) in [7, 11) is 1.89. The molecule has 0 bridgehead atoms. The van der Waals surface area contributed by atoms with Crippen molar-refractivity contribution in [2.24, 2.45) is 7.05 Å². The van der Waals surface area contributed by atoms with Crippen LogP contribution in [0.15, 0.2) is 46.9 Å². The fraction of sp³-hybridized carbons (Fsp3) is 0.350. The minimum atomic E-state index is 0.146. The number of halogens is 1. The highest BCUT2D eigenvalue weighted by Gasteiger charge is 2.30. The van der Waals surface area contributed by atoms with E-state index >= 15 is 0 Å². The van der Waals surface area contributed by atoms with Gasteiger partial charge >= 0.3 is 0 Å². The van der Waals surface area contributed by atoms with Gasteiger partial charge in [0.15, 0.2) is 11.0 Å². The number of likely N-dealkylation sites (tertiary alicyclic amines) is 1. The number of hydrogen-bond acceptors (Lipinski definition) is 6. The minimum Gasteiger partial charge on any atom is -0.486 e. The molecule has 0 unspecified atom stereocenters. The van der Waals surface area contributed by atoms with Crippen LogP contribution in [0.1, 0.15) is 29.6 Å². The molecule has 3 heterocycles. The Balaban J connectivity index is 1.33. The maximum Gasteiger partial charge on any atom is 0.233 e. The van der Waals surface area contributed by atoms with Crippen LogP contribution >= 0.6 is 34.7 Å². The van der Waals surface area contributed by atoms with Gasteiger partial charge in [0.2, 0.25) is 5.91 Å². The third kappa shape index (κ3) is 4.76. The second-order valence-corrected chi connectivity index (χ2v) is 9.11. The number of nitrogens with zero attached hydrogens (tertiary/aromatic N) is 4. The van der Waals surface area contributed by atoms with E-state index in [4.69, 9.17) is 16.3 Å². The molecule has 1 saturated heterocycles. The summed E-state index contributed by atoms with van der Waals surface area (Å²) in [5.74, 6) is 1.92. The largest absolute Gasteiger partial charge is 0.486 e. The molecule has 1 amide bonds. The molecule has 6 nitrogen and oxygen atoms in total. The molecule has 3 aromatic rings. The number of amides is 1. The van der Waals surface area contributed by atoms with Crippen molar-refractivity contribution in [1.29, 1.82) is 0 Å². The minimum absolute atomic E-state index is 0.146. The first kappa shape index (κ1) is 20.3. The van der Waals surface area contributed by atoms with Crippen molar-refractivity contribution in [2.75, 3.05) is 12.3 Å². The van der Waals surface area contributed by atoms with Crippen LogP contribution in [0.2, 0.25) is 5.02 Å². The molecule has 0 N–H and O–H groups in total. The molecule has 0 aliphatic carbocycles. The average molecular weight is 449 g/mol. The number of carbonyl (C=O) groups is 1. The number of aromatic nitrogens is 3. The third-order valence-corrected chi connectivity index (χ3v) is 7.11. The van der Waals surface area contributed by atoms with Gasteiger partial charge in [0.25, 0.3) is 0 Å². The van der Waals surface area contributed by atoms with Crippen LogP contribution in [0.4, 0.5) is 0 Å². The molecule has 1 aliphatic rings. The molecule has 2 aromatic heterocycles. The van der Waals surface area contributed by atoms with Gasteiger partial charge in [0.05, 0.1) is 11.8 Å². The highest BCUT2D eigenvalue weighted by molar-refractivity contribution is 7.99. The summed E-state index contributed by atoms with van der Waals surface area (Å²) < 4.78 is 7.61. The molecule has 1 aliphatic heterocycles. The highest BCUT2D eigenvalue weighted by Crippen LogP contribution is 2.35. The van der Waals surface area contributed by atoms with E-state index < -0.39 is 0 Å². The van der Waals surface area contributed by atoms with E-state index in [1.54, 1.807) is 23.5 Å². The van der Waals surface area contributed by atoms with Crippen molar-refractivity contribution in [3.8, 4) is 5.75 Å². The van der Waals surface area contributed by atoms with Gasteiger partial charge in [0.1, 0.15) is 12.4 Å². The molecular weight excluding hydrogens is 428 g/mol. The van der Waals surface area contributed by atoms with Crippen LogP contribution in [-0.2, 0) is 18.4 Å². The summed E-state index contributed by atoms with van der Waals surface area (Å²) in [4.78, 5) is 16.1. The van der Waals surface area contributed by atoms with E-state index in [2.05, 4.69) is 21.6 Å². The lowest BCUT2D eigenvalue weighted by Gasteiger charge is -2.23.